The van der Waals surface area contributed by atoms with Gasteiger partial charge in [-0.05, 0) is 142 Å². The monoisotopic (exact) mass is 838 g/mol. The van der Waals surface area contributed by atoms with Crippen molar-refractivity contribution in [2.75, 3.05) is 16.4 Å². The molecule has 1 aliphatic heterocycles. The van der Waals surface area contributed by atoms with Crippen molar-refractivity contribution in [2.45, 2.75) is 19.8 Å². The second-order valence-corrected chi connectivity index (χ2v) is 16.0. The summed E-state index contributed by atoms with van der Waals surface area (Å²) in [7, 11) is 0. The normalized spacial score (nSPS) is 14.9. The predicted octanol–water partition coefficient (Wildman–Crippen LogP) is 16.5. The number of terminal acetylenes is 1. The van der Waals surface area contributed by atoms with Crippen LogP contribution in [0.3, 0.4) is 0 Å². The lowest BCUT2D eigenvalue weighted by Gasteiger charge is -2.29. The van der Waals surface area contributed by atoms with E-state index >= 15 is 0 Å². The van der Waals surface area contributed by atoms with Gasteiger partial charge in [0.15, 0.2) is 0 Å². The average molecular weight is 839 g/mol. The maximum Gasteiger partial charge on any atom is 0.123 e. The Morgan fingerprint density at radius 2 is 0.969 bits per heavy atom. The predicted molar refractivity (Wildman–Crippen MR) is 275 cm³/mol. The quantitative estimate of drug-likeness (QED) is 0.0953. The minimum Gasteiger partial charge on any atom is -0.489 e. The van der Waals surface area contributed by atoms with Gasteiger partial charge in [-0.3, -0.25) is 0 Å². The zero-order chi connectivity index (χ0) is 44.4. The molecule has 65 heavy (non-hydrogen) atoms. The van der Waals surface area contributed by atoms with Gasteiger partial charge < -0.3 is 14.5 Å². The van der Waals surface area contributed by atoms with Gasteiger partial charge in [0.1, 0.15) is 12.4 Å². The lowest BCUT2D eigenvalue weighted by atomic mass is 9.96. The molecule has 8 aromatic rings. The number of fused-ring (bicyclic) bond motifs is 1. The standard InChI is InChI=1S/C62H50N2O/c1-4-6-17-47(5-2)51-25-33-55(34-26-51)63(56-35-27-52(28-36-56)48-18-10-7-11-19-48)59-24-16-43-65-62-42-41-60(45-61(62)46(3)44-59)64(57-37-29-53(30-38-57)49-20-12-8-13-21-49)58-39-31-54(32-40-58)50-22-14-9-15-23-50/h1,5-42,44-46H,43H2,2-3H3/b17-6-,24-16-,47-5+,59-44+. The Labute approximate surface area is 384 Å². The number of hydrogen-bond donors (Lipinski definition) is 0. The maximum absolute atomic E-state index is 6.56. The Morgan fingerprint density at radius 3 is 1.43 bits per heavy atom. The highest BCUT2D eigenvalue weighted by atomic mass is 16.5. The summed E-state index contributed by atoms with van der Waals surface area (Å²) < 4.78 is 6.56. The first-order chi connectivity index (χ1) is 32.1. The molecule has 0 spiro atoms. The molecule has 0 amide bonds. The SMILES string of the molecule is C#C/C=C\C(=C/C)c1ccc(N(C2=C/C(C)c3cc(N(c4ccc(-c5ccccc5)cc4)c4ccc(-c5ccccc5)cc4)ccc3OC/C=C\2)c2ccc(-c3ccccc3)cc2)cc1. The Balaban J connectivity index is 1.12. The first-order valence-corrected chi connectivity index (χ1v) is 22.2. The molecule has 8 aromatic carbocycles. The van der Waals surface area contributed by atoms with Gasteiger partial charge in [0, 0.05) is 45.6 Å². The van der Waals surface area contributed by atoms with E-state index in [1.54, 1.807) is 6.08 Å². The fraction of sp³-hybridized carbons (Fsp3) is 0.0645. The molecule has 1 atom stereocenters. The molecule has 0 bridgehead atoms. The summed E-state index contributed by atoms with van der Waals surface area (Å²) in [5.74, 6) is 3.46. The third-order valence-electron chi connectivity index (χ3n) is 11.9. The van der Waals surface area contributed by atoms with E-state index in [4.69, 9.17) is 11.2 Å². The molecule has 0 fully saturated rings. The zero-order valence-corrected chi connectivity index (χ0v) is 36.8. The van der Waals surface area contributed by atoms with Crippen molar-refractivity contribution in [1.82, 2.24) is 0 Å². The minimum atomic E-state index is -0.0284. The van der Waals surface area contributed by atoms with Crippen molar-refractivity contribution in [3.05, 3.63) is 260 Å². The molecule has 9 rings (SSSR count). The summed E-state index contributed by atoms with van der Waals surface area (Å²) in [6.07, 6.45) is 18.0. The van der Waals surface area contributed by atoms with Crippen LogP contribution >= 0.6 is 0 Å². The summed E-state index contributed by atoms with van der Waals surface area (Å²) in [6.45, 7) is 4.72. The van der Waals surface area contributed by atoms with Crippen LogP contribution in [0, 0.1) is 12.3 Å². The van der Waals surface area contributed by atoms with Crippen LogP contribution in [0.2, 0.25) is 0 Å². The van der Waals surface area contributed by atoms with E-state index < -0.39 is 0 Å². The number of allylic oxidation sites excluding steroid dienone is 6. The third kappa shape index (κ3) is 9.54. The van der Waals surface area contributed by atoms with Crippen molar-refractivity contribution in [3.8, 4) is 51.5 Å². The third-order valence-corrected chi connectivity index (χ3v) is 11.9. The van der Waals surface area contributed by atoms with Crippen LogP contribution in [0.5, 0.6) is 5.75 Å². The molecule has 0 N–H and O–H groups in total. The van der Waals surface area contributed by atoms with Crippen molar-refractivity contribution in [1.29, 1.82) is 0 Å². The largest absolute Gasteiger partial charge is 0.489 e. The fourth-order valence-electron chi connectivity index (χ4n) is 8.51. The Bertz CT molecular complexity index is 2930. The second kappa shape index (κ2) is 19.8. The van der Waals surface area contributed by atoms with E-state index in [1.165, 1.54) is 33.4 Å². The summed E-state index contributed by atoms with van der Waals surface area (Å²) >= 11 is 0. The number of ether oxygens (including phenoxy) is 1. The molecule has 0 aliphatic carbocycles. The van der Waals surface area contributed by atoms with Crippen LogP contribution in [0.15, 0.2) is 248 Å². The Morgan fingerprint density at radius 1 is 0.538 bits per heavy atom. The average Bonchev–Trinajstić information content (AvgIpc) is 3.45. The molecule has 314 valence electrons. The molecular weight excluding hydrogens is 789 g/mol. The van der Waals surface area contributed by atoms with E-state index in [1.807, 2.05) is 13.0 Å². The summed E-state index contributed by atoms with van der Waals surface area (Å²) in [5, 5.41) is 0. The van der Waals surface area contributed by atoms with Gasteiger partial charge in [-0.25, -0.2) is 0 Å². The highest BCUT2D eigenvalue weighted by molar-refractivity contribution is 5.82. The smallest absolute Gasteiger partial charge is 0.123 e. The topological polar surface area (TPSA) is 15.7 Å². The van der Waals surface area contributed by atoms with Crippen molar-refractivity contribution < 1.29 is 4.74 Å². The molecule has 1 heterocycles. The van der Waals surface area contributed by atoms with E-state index in [0.29, 0.717) is 6.61 Å². The molecule has 1 unspecified atom stereocenters. The number of hydrogen-bond acceptors (Lipinski definition) is 3. The van der Waals surface area contributed by atoms with E-state index in [9.17, 15) is 0 Å². The summed E-state index contributed by atoms with van der Waals surface area (Å²) in [6, 6.07) is 73.4. The van der Waals surface area contributed by atoms with Gasteiger partial charge >= 0.3 is 0 Å². The molecule has 3 heteroatoms. The number of anilines is 5. The minimum absolute atomic E-state index is 0.0284. The lowest BCUT2D eigenvalue weighted by Crippen LogP contribution is -2.16. The number of benzene rings is 8. The first-order valence-electron chi connectivity index (χ1n) is 22.2. The molecule has 1 aliphatic rings. The second-order valence-electron chi connectivity index (χ2n) is 16.0. The summed E-state index contributed by atoms with van der Waals surface area (Å²) in [5.41, 5.74) is 16.7. The van der Waals surface area contributed by atoms with Gasteiger partial charge in [-0.15, -0.1) is 6.42 Å². The van der Waals surface area contributed by atoms with Crippen LogP contribution < -0.4 is 14.5 Å². The van der Waals surface area contributed by atoms with Crippen molar-refractivity contribution in [2.24, 2.45) is 0 Å². The van der Waals surface area contributed by atoms with Crippen molar-refractivity contribution >= 4 is 34.0 Å². The van der Waals surface area contributed by atoms with E-state index in [2.05, 4.69) is 253 Å². The molecule has 0 saturated carbocycles. The number of rotatable bonds is 11. The van der Waals surface area contributed by atoms with E-state index in [-0.39, 0.29) is 5.92 Å². The lowest BCUT2D eigenvalue weighted by molar-refractivity contribution is 0.358. The van der Waals surface area contributed by atoms with Crippen LogP contribution in [0.1, 0.15) is 30.9 Å². The van der Waals surface area contributed by atoms with E-state index in [0.717, 1.165) is 56.6 Å². The first kappa shape index (κ1) is 42.0. The van der Waals surface area contributed by atoms with Crippen LogP contribution in [-0.4, -0.2) is 6.61 Å². The Hall–Kier alpha value is -8.32. The van der Waals surface area contributed by atoms with Gasteiger partial charge in [-0.2, -0.15) is 0 Å². The van der Waals surface area contributed by atoms with Crippen LogP contribution in [-0.2, 0) is 0 Å². The highest BCUT2D eigenvalue weighted by Crippen LogP contribution is 2.42. The molecular formula is C62H50N2O. The molecule has 3 nitrogen and oxygen atoms in total. The maximum atomic E-state index is 6.56. The van der Waals surface area contributed by atoms with Crippen LogP contribution in [0.25, 0.3) is 39.0 Å². The van der Waals surface area contributed by atoms with Crippen LogP contribution in [0.4, 0.5) is 28.4 Å². The van der Waals surface area contributed by atoms with Gasteiger partial charge in [0.2, 0.25) is 0 Å². The molecule has 0 saturated heterocycles. The van der Waals surface area contributed by atoms with Crippen molar-refractivity contribution in [3.63, 3.8) is 0 Å². The Kier molecular flexibility index (Phi) is 12.8. The zero-order valence-electron chi connectivity index (χ0n) is 36.8. The van der Waals surface area contributed by atoms with Gasteiger partial charge in [-0.1, -0.05) is 165 Å². The summed E-state index contributed by atoms with van der Waals surface area (Å²) in [4.78, 5) is 4.67. The molecule has 0 radical (unpaired) electrons. The fourth-order valence-corrected chi connectivity index (χ4v) is 8.51. The number of nitrogens with zero attached hydrogens (tertiary/aromatic N) is 2. The van der Waals surface area contributed by atoms with Gasteiger partial charge in [0.05, 0.1) is 0 Å². The van der Waals surface area contributed by atoms with Gasteiger partial charge in [0.25, 0.3) is 0 Å². The highest BCUT2D eigenvalue weighted by Gasteiger charge is 2.21. The molecule has 0 aromatic heterocycles.